The molecule has 8 heavy (non-hydrogen) atoms. The van der Waals surface area contributed by atoms with Crippen molar-refractivity contribution in [3.63, 3.8) is 0 Å². The van der Waals surface area contributed by atoms with Crippen LogP contribution in [0.5, 0.6) is 0 Å². The summed E-state index contributed by atoms with van der Waals surface area (Å²) < 4.78 is 3.59. The lowest BCUT2D eigenvalue weighted by Crippen LogP contribution is -1.94. The number of nitrogens with one attached hydrogen (secondary N) is 1. The van der Waals surface area contributed by atoms with Crippen molar-refractivity contribution in [1.29, 1.82) is 0 Å². The highest BCUT2D eigenvalue weighted by Crippen LogP contribution is 2.01. The molecule has 1 aromatic heterocycles. The molecule has 0 amide bonds. The molecule has 0 radical (unpaired) electrons. The number of nitrogens with zero attached hydrogens (tertiary/aromatic N) is 2. The van der Waals surface area contributed by atoms with E-state index in [0.29, 0.717) is 5.82 Å². The molecule has 5 heteroatoms. The number of rotatable bonds is 2. The van der Waals surface area contributed by atoms with Gasteiger partial charge in [-0.05, 0) is 11.5 Å². The monoisotopic (exact) mass is 131 g/mol. The van der Waals surface area contributed by atoms with E-state index in [9.17, 15) is 0 Å². The summed E-state index contributed by atoms with van der Waals surface area (Å²) in [6.45, 7) is 0. The van der Waals surface area contributed by atoms with E-state index in [0.717, 1.165) is 0 Å². The first-order valence-corrected chi connectivity index (χ1v) is 2.83. The van der Waals surface area contributed by atoms with Crippen molar-refractivity contribution in [3.05, 3.63) is 5.38 Å². The lowest BCUT2D eigenvalue weighted by molar-refractivity contribution is 0.269. The third-order valence-corrected chi connectivity index (χ3v) is 1.07. The van der Waals surface area contributed by atoms with Crippen molar-refractivity contribution >= 4 is 17.4 Å². The Bertz CT molecular complexity index is 140. The van der Waals surface area contributed by atoms with Crippen LogP contribution in [0.2, 0.25) is 0 Å². The number of hydrogen-bond acceptors (Lipinski definition) is 5. The molecule has 4 nitrogen and oxygen atoms in total. The first-order valence-electron chi connectivity index (χ1n) is 1.99. The van der Waals surface area contributed by atoms with Crippen molar-refractivity contribution < 1.29 is 4.84 Å². The average Bonchev–Trinajstić information content (AvgIpc) is 2.19. The lowest BCUT2D eigenvalue weighted by Gasteiger charge is -1.91. The van der Waals surface area contributed by atoms with E-state index >= 15 is 0 Å². The predicted octanol–water partition coefficient (Wildman–Crippen LogP) is 0.511. The van der Waals surface area contributed by atoms with Crippen molar-refractivity contribution in [2.24, 2.45) is 0 Å². The first kappa shape index (κ1) is 5.46. The van der Waals surface area contributed by atoms with E-state index in [-0.39, 0.29) is 0 Å². The van der Waals surface area contributed by atoms with Gasteiger partial charge in [0.15, 0.2) is 5.82 Å². The molecular formula is C3H5N3OS. The van der Waals surface area contributed by atoms with Crippen LogP contribution in [-0.2, 0) is 4.84 Å². The van der Waals surface area contributed by atoms with Gasteiger partial charge in [-0.2, -0.15) is 0 Å². The minimum absolute atomic E-state index is 0.650. The fourth-order valence-electron chi connectivity index (χ4n) is 0.314. The summed E-state index contributed by atoms with van der Waals surface area (Å²) in [5, 5.41) is 5.39. The normalized spacial score (nSPS) is 9.12. The Morgan fingerprint density at radius 1 is 1.88 bits per heavy atom. The van der Waals surface area contributed by atoms with E-state index in [1.165, 1.54) is 18.6 Å². The Labute approximate surface area is 50.6 Å². The molecule has 1 rings (SSSR count). The Balaban J connectivity index is 2.50. The predicted molar refractivity (Wildman–Crippen MR) is 30.5 cm³/mol. The van der Waals surface area contributed by atoms with E-state index in [1.54, 1.807) is 5.38 Å². The molecule has 0 fully saturated rings. The smallest absolute Gasteiger partial charge is 0.184 e. The fraction of sp³-hybridized carbons (Fsp3) is 0.333. The van der Waals surface area contributed by atoms with Crippen molar-refractivity contribution in [1.82, 2.24) is 9.59 Å². The van der Waals surface area contributed by atoms with Gasteiger partial charge in [-0.1, -0.05) is 4.49 Å². The summed E-state index contributed by atoms with van der Waals surface area (Å²) in [6.07, 6.45) is 0. The SMILES string of the molecule is CONc1csnn1. The molecule has 0 aliphatic rings. The van der Waals surface area contributed by atoms with Crippen LogP contribution in [-0.4, -0.2) is 16.7 Å². The van der Waals surface area contributed by atoms with Crippen LogP contribution in [0, 0.1) is 0 Å². The highest BCUT2D eigenvalue weighted by atomic mass is 32.1. The van der Waals surface area contributed by atoms with Gasteiger partial charge in [-0.25, -0.2) is 5.48 Å². The third kappa shape index (κ3) is 1.14. The summed E-state index contributed by atoms with van der Waals surface area (Å²) in [4.78, 5) is 4.54. The van der Waals surface area contributed by atoms with Gasteiger partial charge in [-0.15, -0.1) is 5.10 Å². The van der Waals surface area contributed by atoms with Crippen LogP contribution in [0.4, 0.5) is 5.82 Å². The third-order valence-electron chi connectivity index (χ3n) is 0.567. The van der Waals surface area contributed by atoms with Crippen LogP contribution < -0.4 is 5.48 Å². The molecule has 0 bridgehead atoms. The second kappa shape index (κ2) is 2.58. The summed E-state index contributed by atoms with van der Waals surface area (Å²) in [6, 6.07) is 0. The summed E-state index contributed by atoms with van der Waals surface area (Å²) in [7, 11) is 1.53. The Kier molecular flexibility index (Phi) is 1.76. The van der Waals surface area contributed by atoms with Crippen LogP contribution in [0.3, 0.4) is 0 Å². The maximum Gasteiger partial charge on any atom is 0.184 e. The van der Waals surface area contributed by atoms with Crippen molar-refractivity contribution in [3.8, 4) is 0 Å². The molecular weight excluding hydrogens is 126 g/mol. The van der Waals surface area contributed by atoms with Crippen LogP contribution in [0.15, 0.2) is 5.38 Å². The van der Waals surface area contributed by atoms with E-state index in [2.05, 4.69) is 19.9 Å². The molecule has 0 spiro atoms. The molecule has 0 aliphatic carbocycles. The molecule has 1 heterocycles. The number of anilines is 1. The largest absolute Gasteiger partial charge is 0.278 e. The topological polar surface area (TPSA) is 47.0 Å². The van der Waals surface area contributed by atoms with Gasteiger partial charge >= 0.3 is 0 Å². The fourth-order valence-corrected chi connectivity index (χ4v) is 0.691. The van der Waals surface area contributed by atoms with Gasteiger partial charge < -0.3 is 0 Å². The van der Waals surface area contributed by atoms with Gasteiger partial charge in [0.1, 0.15) is 0 Å². The Hall–Kier alpha value is -0.680. The van der Waals surface area contributed by atoms with Crippen LogP contribution in [0.1, 0.15) is 0 Å². The highest BCUT2D eigenvalue weighted by molar-refractivity contribution is 7.03. The second-order valence-corrected chi connectivity index (χ2v) is 1.71. The zero-order chi connectivity index (χ0) is 5.82. The van der Waals surface area contributed by atoms with Crippen molar-refractivity contribution in [2.45, 2.75) is 0 Å². The van der Waals surface area contributed by atoms with Crippen LogP contribution in [0.25, 0.3) is 0 Å². The molecule has 1 N–H and O–H groups in total. The average molecular weight is 131 g/mol. The molecule has 0 aromatic carbocycles. The van der Waals surface area contributed by atoms with Gasteiger partial charge in [0.2, 0.25) is 0 Å². The lowest BCUT2D eigenvalue weighted by atomic mass is 10.9. The zero-order valence-electron chi connectivity index (χ0n) is 4.29. The standard InChI is InChI=1S/C3H5N3OS/c1-7-5-3-2-8-6-4-3/h2,5H,1H3. The van der Waals surface area contributed by atoms with E-state index in [1.807, 2.05) is 0 Å². The quantitative estimate of drug-likeness (QED) is 0.594. The minimum atomic E-state index is 0.650. The van der Waals surface area contributed by atoms with Crippen LogP contribution >= 0.6 is 11.5 Å². The maximum atomic E-state index is 4.54. The molecule has 0 aliphatic heterocycles. The van der Waals surface area contributed by atoms with Gasteiger partial charge in [0, 0.05) is 0 Å². The molecule has 0 atom stereocenters. The van der Waals surface area contributed by atoms with Gasteiger partial charge in [0.05, 0.1) is 12.5 Å². The highest BCUT2D eigenvalue weighted by Gasteiger charge is 1.88. The molecule has 44 valence electrons. The molecule has 0 unspecified atom stereocenters. The number of aromatic nitrogens is 2. The van der Waals surface area contributed by atoms with E-state index < -0.39 is 0 Å². The van der Waals surface area contributed by atoms with E-state index in [4.69, 9.17) is 0 Å². The first-order chi connectivity index (χ1) is 3.93. The number of hydrogen-bond donors (Lipinski definition) is 1. The molecule has 0 saturated heterocycles. The second-order valence-electron chi connectivity index (χ2n) is 1.10. The van der Waals surface area contributed by atoms with Crippen molar-refractivity contribution in [2.75, 3.05) is 12.6 Å². The van der Waals surface area contributed by atoms with Gasteiger partial charge in [0.25, 0.3) is 0 Å². The van der Waals surface area contributed by atoms with Gasteiger partial charge in [-0.3, -0.25) is 4.84 Å². The summed E-state index contributed by atoms with van der Waals surface area (Å²) in [5.74, 6) is 0.650. The summed E-state index contributed by atoms with van der Waals surface area (Å²) in [5.41, 5.74) is 2.52. The minimum Gasteiger partial charge on any atom is -0.278 e. The Morgan fingerprint density at radius 3 is 3.25 bits per heavy atom. The molecule has 0 saturated carbocycles. The zero-order valence-corrected chi connectivity index (χ0v) is 5.10. The maximum absolute atomic E-state index is 4.54. The summed E-state index contributed by atoms with van der Waals surface area (Å²) >= 11 is 1.28. The Morgan fingerprint density at radius 2 is 2.75 bits per heavy atom. The molecule has 1 aromatic rings.